The highest BCUT2D eigenvalue weighted by atomic mass is 79.9. The predicted molar refractivity (Wildman–Crippen MR) is 59.0 cm³/mol. The second-order valence-corrected chi connectivity index (χ2v) is 3.43. The third-order valence-corrected chi connectivity index (χ3v) is 2.49. The molecule has 0 N–H and O–H groups in total. The van der Waals surface area contributed by atoms with Crippen molar-refractivity contribution in [3.05, 3.63) is 48.0 Å². The van der Waals surface area contributed by atoms with E-state index in [4.69, 9.17) is 0 Å². The van der Waals surface area contributed by atoms with Gasteiger partial charge in [-0.05, 0) is 0 Å². The summed E-state index contributed by atoms with van der Waals surface area (Å²) in [6.07, 6.45) is 0. The van der Waals surface area contributed by atoms with E-state index in [0.29, 0.717) is 12.1 Å². The molecular weight excluding hydrogens is 302 g/mol. The average molecular weight is 306 g/mol. The summed E-state index contributed by atoms with van der Waals surface area (Å²) in [5.41, 5.74) is -2.19. The highest BCUT2D eigenvalue weighted by Gasteiger charge is 2.29. The van der Waals surface area contributed by atoms with Crippen molar-refractivity contribution in [2.45, 2.75) is 5.33 Å². The molecule has 0 unspecified atom stereocenters. The number of hydrogen-bond acceptors (Lipinski definition) is 6. The first kappa shape index (κ1) is 13.0. The lowest BCUT2D eigenvalue weighted by Crippen LogP contribution is -2.01. The zero-order chi connectivity index (χ0) is 13.2. The standard InChI is InChI=1S/C7H4BrN3O6/c8-3-5-6(10(14)15)1-4(9(12)13)2-7(5)11(16)17/h1-2H,3H2. The first-order valence-electron chi connectivity index (χ1n) is 4.04. The molecule has 0 aliphatic carbocycles. The number of halogens is 1. The fraction of sp³-hybridized carbons (Fsp3) is 0.143. The summed E-state index contributed by atoms with van der Waals surface area (Å²) >= 11 is 2.88. The normalized spacial score (nSPS) is 9.94. The van der Waals surface area contributed by atoms with E-state index in [1.54, 1.807) is 0 Å². The summed E-state index contributed by atoms with van der Waals surface area (Å²) < 4.78 is 0. The van der Waals surface area contributed by atoms with E-state index in [0.717, 1.165) is 0 Å². The maximum Gasteiger partial charge on any atom is 0.287 e. The van der Waals surface area contributed by atoms with E-state index in [-0.39, 0.29) is 10.9 Å². The lowest BCUT2D eigenvalue weighted by molar-refractivity contribution is -0.404. The Hall–Kier alpha value is -2.10. The van der Waals surface area contributed by atoms with Gasteiger partial charge in [-0.1, -0.05) is 15.9 Å². The number of benzene rings is 1. The first-order chi connectivity index (χ1) is 7.88. The third-order valence-electron chi connectivity index (χ3n) is 1.93. The van der Waals surface area contributed by atoms with Crippen LogP contribution in [0.5, 0.6) is 0 Å². The van der Waals surface area contributed by atoms with Crippen molar-refractivity contribution in [1.29, 1.82) is 0 Å². The molecule has 1 aromatic rings. The van der Waals surface area contributed by atoms with Crippen molar-refractivity contribution in [2.24, 2.45) is 0 Å². The summed E-state index contributed by atoms with van der Waals surface area (Å²) in [5.74, 6) is 0. The molecule has 0 atom stereocenters. The first-order valence-corrected chi connectivity index (χ1v) is 5.16. The molecule has 9 nitrogen and oxygen atoms in total. The van der Waals surface area contributed by atoms with Gasteiger partial charge in [0.15, 0.2) is 0 Å². The Labute approximate surface area is 102 Å². The molecule has 0 saturated carbocycles. The summed E-state index contributed by atoms with van der Waals surface area (Å²) in [6.45, 7) is 0. The number of hydrogen-bond donors (Lipinski definition) is 0. The van der Waals surface area contributed by atoms with Gasteiger partial charge in [0.25, 0.3) is 17.1 Å². The van der Waals surface area contributed by atoms with E-state index < -0.39 is 31.8 Å². The van der Waals surface area contributed by atoms with E-state index in [9.17, 15) is 30.3 Å². The molecule has 0 aliphatic heterocycles. The van der Waals surface area contributed by atoms with E-state index in [1.807, 2.05) is 0 Å². The predicted octanol–water partition coefficient (Wildman–Crippen LogP) is 2.31. The molecule has 0 radical (unpaired) electrons. The number of non-ortho nitro benzene ring substituents is 1. The van der Waals surface area contributed by atoms with Crippen LogP contribution in [0.4, 0.5) is 17.1 Å². The van der Waals surface area contributed by atoms with Crippen LogP contribution < -0.4 is 0 Å². The Bertz CT molecular complexity index is 481. The Kier molecular flexibility index (Phi) is 3.68. The van der Waals surface area contributed by atoms with Crippen molar-refractivity contribution < 1.29 is 14.8 Å². The summed E-state index contributed by atoms with van der Waals surface area (Å²) in [7, 11) is 0. The van der Waals surface area contributed by atoms with Gasteiger partial charge in [0.1, 0.15) is 5.56 Å². The smallest absolute Gasteiger partial charge is 0.258 e. The van der Waals surface area contributed by atoms with Crippen LogP contribution in [-0.2, 0) is 5.33 Å². The highest BCUT2D eigenvalue weighted by molar-refractivity contribution is 9.08. The molecule has 0 aromatic heterocycles. The topological polar surface area (TPSA) is 129 Å². The van der Waals surface area contributed by atoms with Crippen LogP contribution in [0.25, 0.3) is 0 Å². The van der Waals surface area contributed by atoms with Gasteiger partial charge >= 0.3 is 0 Å². The molecule has 0 spiro atoms. The maximum absolute atomic E-state index is 10.7. The Morgan fingerprint density at radius 1 is 0.941 bits per heavy atom. The minimum absolute atomic E-state index is 0.141. The van der Waals surface area contributed by atoms with Gasteiger partial charge in [-0.2, -0.15) is 0 Å². The van der Waals surface area contributed by atoms with Gasteiger partial charge in [0.2, 0.25) is 0 Å². The Balaban J connectivity index is 3.63. The van der Waals surface area contributed by atoms with Gasteiger partial charge < -0.3 is 0 Å². The maximum atomic E-state index is 10.7. The molecule has 1 aromatic carbocycles. The minimum Gasteiger partial charge on any atom is -0.258 e. The fourth-order valence-corrected chi connectivity index (χ4v) is 1.77. The molecule has 0 bridgehead atoms. The third kappa shape index (κ3) is 2.53. The molecule has 90 valence electrons. The molecule has 0 aliphatic rings. The Morgan fingerprint density at radius 2 is 1.35 bits per heavy atom. The molecule has 0 fully saturated rings. The van der Waals surface area contributed by atoms with Crippen molar-refractivity contribution in [3.63, 3.8) is 0 Å². The number of rotatable bonds is 4. The van der Waals surface area contributed by atoms with E-state index in [1.165, 1.54) is 0 Å². The SMILES string of the molecule is O=[N+]([O-])c1cc([N+](=O)[O-])c(CBr)c([N+](=O)[O-])c1. The second kappa shape index (κ2) is 4.82. The highest BCUT2D eigenvalue weighted by Crippen LogP contribution is 2.34. The minimum atomic E-state index is -0.919. The number of nitro groups is 3. The van der Waals surface area contributed by atoms with Gasteiger partial charge in [-0.3, -0.25) is 30.3 Å². The van der Waals surface area contributed by atoms with Crippen LogP contribution in [0.1, 0.15) is 5.56 Å². The number of nitrogens with zero attached hydrogens (tertiary/aromatic N) is 3. The van der Waals surface area contributed by atoms with Crippen LogP contribution in [0, 0.1) is 30.3 Å². The lowest BCUT2D eigenvalue weighted by atomic mass is 10.1. The van der Waals surface area contributed by atoms with Gasteiger partial charge in [-0.15, -0.1) is 0 Å². The zero-order valence-corrected chi connectivity index (χ0v) is 9.62. The van der Waals surface area contributed by atoms with Crippen molar-refractivity contribution in [2.75, 3.05) is 0 Å². The van der Waals surface area contributed by atoms with Gasteiger partial charge in [0.05, 0.1) is 26.9 Å². The molecule has 10 heteroatoms. The molecule has 0 saturated heterocycles. The van der Waals surface area contributed by atoms with Crippen LogP contribution in [0.2, 0.25) is 0 Å². The van der Waals surface area contributed by atoms with Gasteiger partial charge in [-0.25, -0.2) is 0 Å². The average Bonchev–Trinajstić information content (AvgIpc) is 2.26. The zero-order valence-electron chi connectivity index (χ0n) is 8.03. The fourth-order valence-electron chi connectivity index (χ4n) is 1.20. The Morgan fingerprint density at radius 3 is 1.59 bits per heavy atom. The summed E-state index contributed by atoms with van der Waals surface area (Å²) in [5, 5.41) is 31.7. The van der Waals surface area contributed by atoms with Crippen molar-refractivity contribution in [3.8, 4) is 0 Å². The van der Waals surface area contributed by atoms with E-state index >= 15 is 0 Å². The molecule has 1 rings (SSSR count). The largest absolute Gasteiger partial charge is 0.287 e. The van der Waals surface area contributed by atoms with Gasteiger partial charge in [0, 0.05) is 5.33 Å². The van der Waals surface area contributed by atoms with Crippen molar-refractivity contribution in [1.82, 2.24) is 0 Å². The van der Waals surface area contributed by atoms with E-state index in [2.05, 4.69) is 15.9 Å². The molecule has 0 amide bonds. The molecular formula is C7H4BrN3O6. The lowest BCUT2D eigenvalue weighted by Gasteiger charge is -2.00. The summed E-state index contributed by atoms with van der Waals surface area (Å²) in [4.78, 5) is 29.1. The second-order valence-electron chi connectivity index (χ2n) is 2.87. The van der Waals surface area contributed by atoms with Crippen LogP contribution in [0.15, 0.2) is 12.1 Å². The number of nitro benzene ring substituents is 3. The van der Waals surface area contributed by atoms with Crippen LogP contribution in [0.3, 0.4) is 0 Å². The van der Waals surface area contributed by atoms with Crippen LogP contribution in [-0.4, -0.2) is 14.8 Å². The number of alkyl halides is 1. The van der Waals surface area contributed by atoms with Crippen molar-refractivity contribution >= 4 is 33.0 Å². The summed E-state index contributed by atoms with van der Waals surface area (Å²) in [6, 6.07) is 1.40. The molecule has 0 heterocycles. The molecule has 17 heavy (non-hydrogen) atoms. The monoisotopic (exact) mass is 305 g/mol. The quantitative estimate of drug-likeness (QED) is 0.476. The van der Waals surface area contributed by atoms with Crippen LogP contribution >= 0.6 is 15.9 Å².